The molecule has 4 nitrogen and oxygen atoms in total. The molecular formula is C16H16Cl2N2O2. The molecule has 0 saturated heterocycles. The lowest BCUT2D eigenvalue weighted by atomic mass is 10.1. The van der Waals surface area contributed by atoms with Crippen molar-refractivity contribution in [2.45, 2.75) is 18.9 Å². The number of hydrogen-bond donors (Lipinski definition) is 2. The molecular weight excluding hydrogens is 323 g/mol. The molecule has 0 spiro atoms. The Kier molecular flexibility index (Phi) is 6.19. The van der Waals surface area contributed by atoms with Crippen molar-refractivity contribution in [3.05, 3.63) is 63.9 Å². The van der Waals surface area contributed by atoms with E-state index >= 15 is 0 Å². The zero-order chi connectivity index (χ0) is 15.9. The lowest BCUT2D eigenvalue weighted by Crippen LogP contribution is -2.28. The summed E-state index contributed by atoms with van der Waals surface area (Å²) < 4.78 is 0. The topological polar surface area (TPSA) is 62.2 Å². The predicted octanol–water partition coefficient (Wildman–Crippen LogP) is 3.17. The molecule has 0 saturated carbocycles. The first kappa shape index (κ1) is 16.7. The second-order valence-electron chi connectivity index (χ2n) is 4.81. The van der Waals surface area contributed by atoms with E-state index in [-0.39, 0.29) is 12.5 Å². The summed E-state index contributed by atoms with van der Waals surface area (Å²) >= 11 is 12.0. The van der Waals surface area contributed by atoms with Gasteiger partial charge in [-0.2, -0.15) is 0 Å². The van der Waals surface area contributed by atoms with Crippen LogP contribution in [0.3, 0.4) is 0 Å². The number of carbonyl (C=O) groups excluding carboxylic acids is 1. The quantitative estimate of drug-likeness (QED) is 0.850. The van der Waals surface area contributed by atoms with Gasteiger partial charge in [0, 0.05) is 41.0 Å². The highest BCUT2D eigenvalue weighted by Crippen LogP contribution is 2.29. The van der Waals surface area contributed by atoms with Crippen molar-refractivity contribution in [1.29, 1.82) is 0 Å². The van der Waals surface area contributed by atoms with Crippen LogP contribution in [-0.4, -0.2) is 22.5 Å². The number of aryl methyl sites for hydroxylation is 1. The Hall–Kier alpha value is -1.62. The fourth-order valence-electron chi connectivity index (χ4n) is 2.04. The molecule has 0 bridgehead atoms. The lowest BCUT2D eigenvalue weighted by molar-refractivity contribution is -0.121. The van der Waals surface area contributed by atoms with Gasteiger partial charge in [-0.3, -0.25) is 9.78 Å². The summed E-state index contributed by atoms with van der Waals surface area (Å²) in [6.45, 7) is 0.0681. The summed E-state index contributed by atoms with van der Waals surface area (Å²) in [5, 5.41) is 13.6. The first-order chi connectivity index (χ1) is 10.6. The van der Waals surface area contributed by atoms with Gasteiger partial charge in [0.2, 0.25) is 5.91 Å². The summed E-state index contributed by atoms with van der Waals surface area (Å²) in [5.74, 6) is -0.140. The minimum atomic E-state index is -0.939. The summed E-state index contributed by atoms with van der Waals surface area (Å²) in [5.41, 5.74) is 1.47. The summed E-state index contributed by atoms with van der Waals surface area (Å²) in [4.78, 5) is 15.7. The zero-order valence-corrected chi connectivity index (χ0v) is 13.3. The molecule has 1 unspecified atom stereocenters. The van der Waals surface area contributed by atoms with Crippen molar-refractivity contribution in [3.63, 3.8) is 0 Å². The number of rotatable bonds is 6. The van der Waals surface area contributed by atoms with Crippen LogP contribution in [0.1, 0.15) is 23.7 Å². The van der Waals surface area contributed by atoms with E-state index < -0.39 is 6.10 Å². The van der Waals surface area contributed by atoms with Crippen molar-refractivity contribution in [3.8, 4) is 0 Å². The van der Waals surface area contributed by atoms with Crippen LogP contribution in [0.5, 0.6) is 0 Å². The maximum Gasteiger partial charge on any atom is 0.220 e. The van der Waals surface area contributed by atoms with Crippen LogP contribution in [-0.2, 0) is 11.2 Å². The molecule has 2 rings (SSSR count). The Labute approximate surface area is 139 Å². The fourth-order valence-corrected chi connectivity index (χ4v) is 2.69. The van der Waals surface area contributed by atoms with Crippen molar-refractivity contribution >= 4 is 29.1 Å². The monoisotopic (exact) mass is 338 g/mol. The molecule has 116 valence electrons. The van der Waals surface area contributed by atoms with E-state index in [1.54, 1.807) is 30.6 Å². The first-order valence-electron chi connectivity index (χ1n) is 6.85. The normalized spacial score (nSPS) is 12.0. The first-order valence-corrected chi connectivity index (χ1v) is 7.61. The van der Waals surface area contributed by atoms with Gasteiger partial charge in [0.15, 0.2) is 0 Å². The summed E-state index contributed by atoms with van der Waals surface area (Å²) in [6, 6.07) is 8.74. The smallest absolute Gasteiger partial charge is 0.220 e. The molecule has 6 heteroatoms. The maximum absolute atomic E-state index is 11.8. The van der Waals surface area contributed by atoms with E-state index in [4.69, 9.17) is 23.2 Å². The number of benzene rings is 1. The van der Waals surface area contributed by atoms with Crippen LogP contribution in [0.4, 0.5) is 0 Å². The number of pyridine rings is 1. The van der Waals surface area contributed by atoms with Crippen molar-refractivity contribution in [2.24, 2.45) is 0 Å². The van der Waals surface area contributed by atoms with E-state index in [0.717, 1.165) is 5.56 Å². The van der Waals surface area contributed by atoms with E-state index in [1.807, 2.05) is 12.1 Å². The Morgan fingerprint density at radius 3 is 2.45 bits per heavy atom. The molecule has 0 aliphatic carbocycles. The van der Waals surface area contributed by atoms with Crippen LogP contribution in [0.15, 0.2) is 42.7 Å². The van der Waals surface area contributed by atoms with Crippen molar-refractivity contribution < 1.29 is 9.90 Å². The number of aromatic nitrogens is 1. The van der Waals surface area contributed by atoms with E-state index in [1.165, 1.54) is 0 Å². The molecule has 0 aliphatic heterocycles. The summed E-state index contributed by atoms with van der Waals surface area (Å²) in [6.07, 6.45) is 3.41. The highest BCUT2D eigenvalue weighted by molar-refractivity contribution is 6.36. The average molecular weight is 339 g/mol. The van der Waals surface area contributed by atoms with Crippen LogP contribution in [0.25, 0.3) is 0 Å². The third-order valence-corrected chi connectivity index (χ3v) is 3.87. The Balaban J connectivity index is 1.83. The second kappa shape index (κ2) is 8.13. The van der Waals surface area contributed by atoms with Gasteiger partial charge in [0.25, 0.3) is 0 Å². The Bertz CT molecular complexity index is 615. The number of halogens is 2. The molecule has 0 fully saturated rings. The minimum Gasteiger partial charge on any atom is -0.386 e. The van der Waals surface area contributed by atoms with Gasteiger partial charge < -0.3 is 10.4 Å². The molecule has 2 aromatic rings. The van der Waals surface area contributed by atoms with Crippen LogP contribution in [0.2, 0.25) is 10.0 Å². The van der Waals surface area contributed by atoms with E-state index in [2.05, 4.69) is 10.3 Å². The second-order valence-corrected chi connectivity index (χ2v) is 5.63. The number of amides is 1. The minimum absolute atomic E-state index is 0.0681. The SMILES string of the molecule is O=C(CCc1ccncc1)NCC(O)c1c(Cl)cccc1Cl. The molecule has 0 radical (unpaired) electrons. The van der Waals surface area contributed by atoms with Crippen molar-refractivity contribution in [2.75, 3.05) is 6.54 Å². The highest BCUT2D eigenvalue weighted by atomic mass is 35.5. The third kappa shape index (κ3) is 4.70. The van der Waals surface area contributed by atoms with Gasteiger partial charge in [-0.15, -0.1) is 0 Å². The molecule has 1 amide bonds. The Morgan fingerprint density at radius 1 is 1.18 bits per heavy atom. The van der Waals surface area contributed by atoms with Gasteiger partial charge in [-0.25, -0.2) is 0 Å². The van der Waals surface area contributed by atoms with E-state index in [9.17, 15) is 9.90 Å². The molecule has 0 aliphatic rings. The number of carbonyl (C=O) groups is 1. The molecule has 22 heavy (non-hydrogen) atoms. The van der Waals surface area contributed by atoms with Crippen LogP contribution >= 0.6 is 23.2 Å². The summed E-state index contributed by atoms with van der Waals surface area (Å²) in [7, 11) is 0. The standard InChI is InChI=1S/C16H16Cl2N2O2/c17-12-2-1-3-13(18)16(12)14(21)10-20-15(22)5-4-11-6-8-19-9-7-11/h1-3,6-9,14,21H,4-5,10H2,(H,20,22). The number of nitrogens with zero attached hydrogens (tertiary/aromatic N) is 1. The van der Waals surface area contributed by atoms with Gasteiger partial charge in [0.05, 0.1) is 6.10 Å². The number of nitrogens with one attached hydrogen (secondary N) is 1. The predicted molar refractivity (Wildman–Crippen MR) is 87.0 cm³/mol. The number of aliphatic hydroxyl groups is 1. The van der Waals surface area contributed by atoms with Gasteiger partial charge in [-0.1, -0.05) is 29.3 Å². The largest absolute Gasteiger partial charge is 0.386 e. The molecule has 1 aromatic heterocycles. The van der Waals surface area contributed by atoms with E-state index in [0.29, 0.717) is 28.5 Å². The van der Waals surface area contributed by atoms with Crippen molar-refractivity contribution in [1.82, 2.24) is 10.3 Å². The number of aliphatic hydroxyl groups excluding tert-OH is 1. The number of hydrogen-bond acceptors (Lipinski definition) is 3. The van der Waals surface area contributed by atoms with Crippen LogP contribution in [0, 0.1) is 0 Å². The van der Waals surface area contributed by atoms with Gasteiger partial charge >= 0.3 is 0 Å². The zero-order valence-electron chi connectivity index (χ0n) is 11.8. The fraction of sp³-hybridized carbons (Fsp3) is 0.250. The Morgan fingerprint density at radius 2 is 1.82 bits per heavy atom. The molecule has 1 heterocycles. The third-order valence-electron chi connectivity index (χ3n) is 3.22. The molecule has 2 N–H and O–H groups in total. The molecule has 1 atom stereocenters. The van der Waals surface area contributed by atoms with Gasteiger partial charge in [-0.05, 0) is 36.2 Å². The molecule has 1 aromatic carbocycles. The highest BCUT2D eigenvalue weighted by Gasteiger charge is 2.16. The van der Waals surface area contributed by atoms with Crippen LogP contribution < -0.4 is 5.32 Å². The maximum atomic E-state index is 11.8. The average Bonchev–Trinajstić information content (AvgIpc) is 2.52. The lowest BCUT2D eigenvalue weighted by Gasteiger charge is -2.15. The van der Waals surface area contributed by atoms with Gasteiger partial charge in [0.1, 0.15) is 0 Å².